The predicted molar refractivity (Wildman–Crippen MR) is 113 cm³/mol. The molecular formula is C22H19N3O3S. The summed E-state index contributed by atoms with van der Waals surface area (Å²) in [6, 6.07) is 17.8. The standard InChI is InChI=1S/C22H19N3O3S/c1-14-13-23-22(29-14)25-20(26)17(11-15-7-3-2-4-8-15)24-21(27)19-12-16-9-5-6-10-18(16)28-19/h2-10,12-13,17H,11H2,1H3,(H,24,27)(H,23,25,26)/t17-/m1/s1. The molecule has 29 heavy (non-hydrogen) atoms. The Morgan fingerprint density at radius 3 is 2.59 bits per heavy atom. The van der Waals surface area contributed by atoms with E-state index in [9.17, 15) is 9.59 Å². The van der Waals surface area contributed by atoms with Gasteiger partial charge in [0.05, 0.1) is 0 Å². The normalized spacial score (nSPS) is 11.9. The maximum Gasteiger partial charge on any atom is 0.287 e. The first kappa shape index (κ1) is 18.9. The molecule has 0 bridgehead atoms. The molecule has 2 N–H and O–H groups in total. The van der Waals surface area contributed by atoms with Gasteiger partial charge in [0.15, 0.2) is 10.9 Å². The van der Waals surface area contributed by atoms with Gasteiger partial charge in [-0.25, -0.2) is 4.98 Å². The van der Waals surface area contributed by atoms with Gasteiger partial charge in [0.2, 0.25) is 5.91 Å². The van der Waals surface area contributed by atoms with Gasteiger partial charge >= 0.3 is 0 Å². The van der Waals surface area contributed by atoms with Gasteiger partial charge in [0.25, 0.3) is 5.91 Å². The minimum absolute atomic E-state index is 0.169. The molecule has 2 heterocycles. The number of carbonyl (C=O) groups is 2. The average Bonchev–Trinajstić information content (AvgIpc) is 3.34. The lowest BCUT2D eigenvalue weighted by molar-refractivity contribution is -0.118. The summed E-state index contributed by atoms with van der Waals surface area (Å²) in [6.45, 7) is 1.91. The number of para-hydroxylation sites is 1. The van der Waals surface area contributed by atoms with Crippen molar-refractivity contribution in [2.45, 2.75) is 19.4 Å². The molecule has 0 saturated carbocycles. The molecule has 6 nitrogen and oxygen atoms in total. The van der Waals surface area contributed by atoms with Gasteiger partial charge in [-0.3, -0.25) is 9.59 Å². The maximum absolute atomic E-state index is 12.9. The van der Waals surface area contributed by atoms with Crippen molar-refractivity contribution in [1.29, 1.82) is 0 Å². The highest BCUT2D eigenvalue weighted by atomic mass is 32.1. The lowest BCUT2D eigenvalue weighted by Gasteiger charge is -2.17. The SMILES string of the molecule is Cc1cnc(NC(=O)[C@@H](Cc2ccccc2)NC(=O)c2cc3ccccc3o2)s1. The van der Waals surface area contributed by atoms with Gasteiger partial charge in [-0.2, -0.15) is 0 Å². The van der Waals surface area contributed by atoms with Crippen LogP contribution >= 0.6 is 11.3 Å². The molecule has 2 aromatic carbocycles. The number of hydrogen-bond donors (Lipinski definition) is 2. The maximum atomic E-state index is 12.9. The minimum atomic E-state index is -0.776. The third-order valence-electron chi connectivity index (χ3n) is 4.41. The van der Waals surface area contributed by atoms with Crippen LogP contribution in [-0.4, -0.2) is 22.8 Å². The molecule has 0 aliphatic carbocycles. The highest BCUT2D eigenvalue weighted by Gasteiger charge is 2.24. The van der Waals surface area contributed by atoms with Crippen LogP contribution in [0.4, 0.5) is 5.13 Å². The fourth-order valence-electron chi connectivity index (χ4n) is 2.99. The summed E-state index contributed by atoms with van der Waals surface area (Å²) in [6.07, 6.45) is 2.04. The summed E-state index contributed by atoms with van der Waals surface area (Å²) in [4.78, 5) is 30.8. The van der Waals surface area contributed by atoms with E-state index in [0.717, 1.165) is 15.8 Å². The number of amides is 2. The Hall–Kier alpha value is -3.45. The second-order valence-electron chi connectivity index (χ2n) is 6.63. The fraction of sp³-hybridized carbons (Fsp3) is 0.136. The molecular weight excluding hydrogens is 386 g/mol. The van der Waals surface area contributed by atoms with Crippen LogP contribution in [0.2, 0.25) is 0 Å². The lowest BCUT2D eigenvalue weighted by atomic mass is 10.1. The molecule has 0 unspecified atom stereocenters. The van der Waals surface area contributed by atoms with Gasteiger partial charge in [0, 0.05) is 22.9 Å². The minimum Gasteiger partial charge on any atom is -0.451 e. The largest absolute Gasteiger partial charge is 0.451 e. The summed E-state index contributed by atoms with van der Waals surface area (Å²) in [5.74, 6) is -0.595. The summed E-state index contributed by atoms with van der Waals surface area (Å²) in [5.41, 5.74) is 1.56. The molecule has 4 aromatic rings. The Balaban J connectivity index is 1.55. The molecule has 146 valence electrons. The van der Waals surface area contributed by atoms with E-state index in [1.807, 2.05) is 55.5 Å². The van der Waals surface area contributed by atoms with Crippen LogP contribution in [0.25, 0.3) is 11.0 Å². The molecule has 2 aromatic heterocycles. The van der Waals surface area contributed by atoms with E-state index in [2.05, 4.69) is 15.6 Å². The summed E-state index contributed by atoms with van der Waals surface area (Å²) in [5, 5.41) is 6.93. The molecule has 2 amide bonds. The van der Waals surface area contributed by atoms with Gasteiger partial charge in [-0.1, -0.05) is 48.5 Å². The molecule has 1 atom stereocenters. The van der Waals surface area contributed by atoms with E-state index in [-0.39, 0.29) is 11.7 Å². The zero-order chi connectivity index (χ0) is 20.2. The van der Waals surface area contributed by atoms with Crippen LogP contribution in [0.5, 0.6) is 0 Å². The van der Waals surface area contributed by atoms with Crippen LogP contribution < -0.4 is 10.6 Å². The zero-order valence-corrected chi connectivity index (χ0v) is 16.5. The molecule has 4 rings (SSSR count). The van der Waals surface area contributed by atoms with Crippen molar-refractivity contribution >= 4 is 39.3 Å². The number of hydrogen-bond acceptors (Lipinski definition) is 5. The van der Waals surface area contributed by atoms with E-state index < -0.39 is 11.9 Å². The van der Waals surface area contributed by atoms with Crippen molar-refractivity contribution in [3.8, 4) is 0 Å². The fourth-order valence-corrected chi connectivity index (χ4v) is 3.65. The first-order chi connectivity index (χ1) is 14.1. The van der Waals surface area contributed by atoms with E-state index in [1.165, 1.54) is 11.3 Å². The molecule has 0 radical (unpaired) electrons. The Bertz CT molecular complexity index is 1120. The number of anilines is 1. The van der Waals surface area contributed by atoms with Crippen molar-refractivity contribution in [3.63, 3.8) is 0 Å². The number of benzene rings is 2. The van der Waals surface area contributed by atoms with E-state index in [0.29, 0.717) is 17.1 Å². The van der Waals surface area contributed by atoms with E-state index in [4.69, 9.17) is 4.42 Å². The Labute approximate surface area is 171 Å². The van der Waals surface area contributed by atoms with Gasteiger partial charge in [-0.15, -0.1) is 11.3 Å². The van der Waals surface area contributed by atoms with Crippen LogP contribution in [0.3, 0.4) is 0 Å². The number of fused-ring (bicyclic) bond motifs is 1. The van der Waals surface area contributed by atoms with E-state index >= 15 is 0 Å². The first-order valence-electron chi connectivity index (χ1n) is 9.15. The average molecular weight is 405 g/mol. The number of aromatic nitrogens is 1. The van der Waals surface area contributed by atoms with Gasteiger partial charge < -0.3 is 15.1 Å². The van der Waals surface area contributed by atoms with Crippen LogP contribution in [0, 0.1) is 6.92 Å². The second-order valence-corrected chi connectivity index (χ2v) is 7.86. The first-order valence-corrected chi connectivity index (χ1v) is 9.97. The Kier molecular flexibility index (Phi) is 5.39. The molecule has 0 fully saturated rings. The Morgan fingerprint density at radius 2 is 1.86 bits per heavy atom. The quantitative estimate of drug-likeness (QED) is 0.504. The van der Waals surface area contributed by atoms with E-state index in [1.54, 1.807) is 18.3 Å². The summed E-state index contributed by atoms with van der Waals surface area (Å²) < 4.78 is 5.63. The third-order valence-corrected chi connectivity index (χ3v) is 5.23. The van der Waals surface area contributed by atoms with Crippen molar-refractivity contribution < 1.29 is 14.0 Å². The van der Waals surface area contributed by atoms with Crippen LogP contribution in [-0.2, 0) is 11.2 Å². The van der Waals surface area contributed by atoms with Crippen molar-refractivity contribution in [1.82, 2.24) is 10.3 Å². The number of furan rings is 1. The Morgan fingerprint density at radius 1 is 1.10 bits per heavy atom. The summed E-state index contributed by atoms with van der Waals surface area (Å²) in [7, 11) is 0. The number of carbonyl (C=O) groups excluding carboxylic acids is 2. The summed E-state index contributed by atoms with van der Waals surface area (Å²) >= 11 is 1.38. The lowest BCUT2D eigenvalue weighted by Crippen LogP contribution is -2.45. The van der Waals surface area contributed by atoms with Crippen LogP contribution in [0.1, 0.15) is 21.0 Å². The van der Waals surface area contributed by atoms with Gasteiger partial charge in [-0.05, 0) is 24.6 Å². The van der Waals surface area contributed by atoms with Crippen molar-refractivity contribution in [3.05, 3.63) is 83.1 Å². The van der Waals surface area contributed by atoms with Gasteiger partial charge in [0.1, 0.15) is 11.6 Å². The number of nitrogens with zero attached hydrogens (tertiary/aromatic N) is 1. The molecule has 0 spiro atoms. The molecule has 0 saturated heterocycles. The predicted octanol–water partition coefficient (Wildman–Crippen LogP) is 4.18. The number of aryl methyl sites for hydroxylation is 1. The topological polar surface area (TPSA) is 84.2 Å². The smallest absolute Gasteiger partial charge is 0.287 e. The number of nitrogens with one attached hydrogen (secondary N) is 2. The molecule has 7 heteroatoms. The number of rotatable bonds is 6. The van der Waals surface area contributed by atoms with Crippen molar-refractivity contribution in [2.75, 3.05) is 5.32 Å². The molecule has 0 aliphatic heterocycles. The zero-order valence-electron chi connectivity index (χ0n) is 15.7. The highest BCUT2D eigenvalue weighted by Crippen LogP contribution is 2.20. The second kappa shape index (κ2) is 8.28. The third kappa shape index (κ3) is 4.52. The van der Waals surface area contributed by atoms with Crippen LogP contribution in [0.15, 0.2) is 71.3 Å². The number of thiazole rings is 1. The highest BCUT2D eigenvalue weighted by molar-refractivity contribution is 7.15. The monoisotopic (exact) mass is 405 g/mol. The van der Waals surface area contributed by atoms with Crippen molar-refractivity contribution in [2.24, 2.45) is 0 Å². The molecule has 0 aliphatic rings.